The summed E-state index contributed by atoms with van der Waals surface area (Å²) < 4.78 is 0. The molecule has 1 heterocycles. The maximum atomic E-state index is 11.1. The third kappa shape index (κ3) is 1.69. The molecule has 2 amide bonds. The number of rotatable bonds is 1. The van der Waals surface area contributed by atoms with Crippen LogP contribution in [0.25, 0.3) is 0 Å². The fourth-order valence-electron chi connectivity index (χ4n) is 2.16. The SMILES string of the molecule is CC1NC(=O)NC1C1=CCCCC1. The Kier molecular flexibility index (Phi) is 2.25. The van der Waals surface area contributed by atoms with Crippen molar-refractivity contribution >= 4 is 6.03 Å². The van der Waals surface area contributed by atoms with Crippen LogP contribution in [-0.2, 0) is 0 Å². The van der Waals surface area contributed by atoms with Crippen LogP contribution in [0.15, 0.2) is 11.6 Å². The van der Waals surface area contributed by atoms with Gasteiger partial charge in [-0.1, -0.05) is 6.08 Å². The molecule has 2 aliphatic rings. The number of carbonyl (C=O) groups excluding carboxylic acids is 1. The lowest BCUT2D eigenvalue weighted by atomic mass is 9.91. The van der Waals surface area contributed by atoms with E-state index in [2.05, 4.69) is 23.6 Å². The molecular formula is C10H16N2O. The van der Waals surface area contributed by atoms with Crippen molar-refractivity contribution in [2.75, 3.05) is 0 Å². The molecule has 1 aliphatic carbocycles. The number of carbonyl (C=O) groups is 1. The average Bonchev–Trinajstić information content (AvgIpc) is 2.47. The molecule has 2 atom stereocenters. The van der Waals surface area contributed by atoms with Crippen LogP contribution >= 0.6 is 0 Å². The molecule has 2 unspecified atom stereocenters. The minimum absolute atomic E-state index is 0.0241. The van der Waals surface area contributed by atoms with Gasteiger partial charge in [0.15, 0.2) is 0 Å². The first-order valence-corrected chi connectivity index (χ1v) is 5.03. The summed E-state index contributed by atoms with van der Waals surface area (Å²) >= 11 is 0. The molecule has 3 heteroatoms. The Balaban J connectivity index is 2.07. The fraction of sp³-hybridized carbons (Fsp3) is 0.700. The summed E-state index contributed by atoms with van der Waals surface area (Å²) in [5.41, 5.74) is 1.41. The lowest BCUT2D eigenvalue weighted by molar-refractivity contribution is 0.247. The van der Waals surface area contributed by atoms with Gasteiger partial charge in [-0.05, 0) is 38.2 Å². The average molecular weight is 180 g/mol. The minimum atomic E-state index is -0.0241. The second kappa shape index (κ2) is 3.40. The minimum Gasteiger partial charge on any atom is -0.333 e. The molecule has 0 aromatic heterocycles. The normalized spacial score (nSPS) is 33.6. The lowest BCUT2D eigenvalue weighted by Gasteiger charge is -2.21. The van der Waals surface area contributed by atoms with Gasteiger partial charge < -0.3 is 10.6 Å². The van der Waals surface area contributed by atoms with E-state index >= 15 is 0 Å². The van der Waals surface area contributed by atoms with Gasteiger partial charge in [-0.3, -0.25) is 0 Å². The molecule has 3 nitrogen and oxygen atoms in total. The van der Waals surface area contributed by atoms with Gasteiger partial charge in [-0.25, -0.2) is 4.79 Å². The zero-order valence-corrected chi connectivity index (χ0v) is 7.97. The summed E-state index contributed by atoms with van der Waals surface area (Å²) in [4.78, 5) is 11.1. The standard InChI is InChI=1S/C10H16N2O/c1-7-9(12-10(13)11-7)8-5-3-2-4-6-8/h5,7,9H,2-4,6H2,1H3,(H2,11,12,13). The summed E-state index contributed by atoms with van der Waals surface area (Å²) in [5, 5.41) is 5.83. The molecule has 72 valence electrons. The van der Waals surface area contributed by atoms with Crippen molar-refractivity contribution in [2.45, 2.75) is 44.7 Å². The molecule has 13 heavy (non-hydrogen) atoms. The molecule has 1 fully saturated rings. The zero-order chi connectivity index (χ0) is 9.26. The first-order valence-electron chi connectivity index (χ1n) is 5.03. The van der Waals surface area contributed by atoms with E-state index in [0.29, 0.717) is 0 Å². The summed E-state index contributed by atoms with van der Waals surface area (Å²) in [6.45, 7) is 2.05. The van der Waals surface area contributed by atoms with Crippen LogP contribution in [0.2, 0.25) is 0 Å². The van der Waals surface area contributed by atoms with Crippen molar-refractivity contribution in [3.05, 3.63) is 11.6 Å². The third-order valence-corrected chi connectivity index (χ3v) is 2.87. The van der Waals surface area contributed by atoms with E-state index < -0.39 is 0 Å². The van der Waals surface area contributed by atoms with E-state index in [-0.39, 0.29) is 18.1 Å². The van der Waals surface area contributed by atoms with E-state index in [1.54, 1.807) is 0 Å². The molecule has 0 aromatic rings. The smallest absolute Gasteiger partial charge is 0.315 e. The molecule has 0 saturated carbocycles. The number of hydrogen-bond acceptors (Lipinski definition) is 1. The van der Waals surface area contributed by atoms with Crippen molar-refractivity contribution < 1.29 is 4.79 Å². The predicted molar refractivity (Wildman–Crippen MR) is 51.5 cm³/mol. The van der Waals surface area contributed by atoms with Crippen LogP contribution in [0.4, 0.5) is 4.79 Å². The monoisotopic (exact) mass is 180 g/mol. The molecular weight excluding hydrogens is 164 g/mol. The molecule has 1 aliphatic heterocycles. The topological polar surface area (TPSA) is 41.1 Å². The Labute approximate surface area is 78.6 Å². The van der Waals surface area contributed by atoms with E-state index in [0.717, 1.165) is 6.42 Å². The first-order chi connectivity index (χ1) is 6.27. The third-order valence-electron chi connectivity index (χ3n) is 2.87. The van der Waals surface area contributed by atoms with Gasteiger partial charge in [0, 0.05) is 0 Å². The number of nitrogens with one attached hydrogen (secondary N) is 2. The first kappa shape index (κ1) is 8.60. The second-order valence-corrected chi connectivity index (χ2v) is 3.91. The van der Waals surface area contributed by atoms with Crippen LogP contribution in [-0.4, -0.2) is 18.1 Å². The number of amides is 2. The van der Waals surface area contributed by atoms with Gasteiger partial charge in [0.1, 0.15) is 0 Å². The highest BCUT2D eigenvalue weighted by Gasteiger charge is 2.30. The van der Waals surface area contributed by atoms with Gasteiger partial charge >= 0.3 is 6.03 Å². The van der Waals surface area contributed by atoms with Crippen molar-refractivity contribution in [1.29, 1.82) is 0 Å². The Morgan fingerprint density at radius 3 is 2.77 bits per heavy atom. The number of urea groups is 1. The number of hydrogen-bond donors (Lipinski definition) is 2. The van der Waals surface area contributed by atoms with Gasteiger partial charge in [0.25, 0.3) is 0 Å². The highest BCUT2D eigenvalue weighted by Crippen LogP contribution is 2.23. The van der Waals surface area contributed by atoms with Gasteiger partial charge in [0.05, 0.1) is 12.1 Å². The van der Waals surface area contributed by atoms with E-state index in [4.69, 9.17) is 0 Å². The van der Waals surface area contributed by atoms with Gasteiger partial charge in [-0.2, -0.15) is 0 Å². The summed E-state index contributed by atoms with van der Waals surface area (Å²) in [5.74, 6) is 0. The van der Waals surface area contributed by atoms with E-state index in [9.17, 15) is 4.79 Å². The second-order valence-electron chi connectivity index (χ2n) is 3.91. The quantitative estimate of drug-likeness (QED) is 0.591. The fourth-order valence-corrected chi connectivity index (χ4v) is 2.16. The van der Waals surface area contributed by atoms with Crippen molar-refractivity contribution in [3.63, 3.8) is 0 Å². The Bertz CT molecular complexity index is 247. The van der Waals surface area contributed by atoms with Gasteiger partial charge in [0.2, 0.25) is 0 Å². The summed E-state index contributed by atoms with van der Waals surface area (Å²) in [7, 11) is 0. The molecule has 2 N–H and O–H groups in total. The van der Waals surface area contributed by atoms with Crippen LogP contribution in [0, 0.1) is 0 Å². The Morgan fingerprint density at radius 1 is 1.38 bits per heavy atom. The zero-order valence-electron chi connectivity index (χ0n) is 7.97. The molecule has 1 saturated heterocycles. The lowest BCUT2D eigenvalue weighted by Crippen LogP contribution is -2.33. The highest BCUT2D eigenvalue weighted by molar-refractivity contribution is 5.78. The highest BCUT2D eigenvalue weighted by atomic mass is 16.2. The van der Waals surface area contributed by atoms with Crippen molar-refractivity contribution in [1.82, 2.24) is 10.6 Å². The maximum Gasteiger partial charge on any atom is 0.315 e. The van der Waals surface area contributed by atoms with Crippen molar-refractivity contribution in [3.8, 4) is 0 Å². The van der Waals surface area contributed by atoms with E-state index in [1.165, 1.54) is 24.8 Å². The van der Waals surface area contributed by atoms with Crippen LogP contribution in [0.1, 0.15) is 32.6 Å². The van der Waals surface area contributed by atoms with E-state index in [1.807, 2.05) is 0 Å². The maximum absolute atomic E-state index is 11.1. The van der Waals surface area contributed by atoms with Crippen LogP contribution in [0.3, 0.4) is 0 Å². The number of allylic oxidation sites excluding steroid dienone is 1. The molecule has 0 bridgehead atoms. The van der Waals surface area contributed by atoms with Crippen LogP contribution < -0.4 is 10.6 Å². The summed E-state index contributed by atoms with van der Waals surface area (Å²) in [6.07, 6.45) is 7.18. The molecule has 0 radical (unpaired) electrons. The van der Waals surface area contributed by atoms with Crippen molar-refractivity contribution in [2.24, 2.45) is 0 Å². The molecule has 0 aromatic carbocycles. The molecule has 0 spiro atoms. The Morgan fingerprint density at radius 2 is 2.23 bits per heavy atom. The van der Waals surface area contributed by atoms with Gasteiger partial charge in [-0.15, -0.1) is 0 Å². The Hall–Kier alpha value is -0.990. The van der Waals surface area contributed by atoms with Crippen LogP contribution in [0.5, 0.6) is 0 Å². The predicted octanol–water partition coefficient (Wildman–Crippen LogP) is 1.56. The molecule has 2 rings (SSSR count). The largest absolute Gasteiger partial charge is 0.333 e. The summed E-state index contributed by atoms with van der Waals surface area (Å²) in [6, 6.07) is 0.466.